The number of amides is 1. The molecule has 1 aromatic rings. The molecule has 1 unspecified atom stereocenters. The van der Waals surface area contributed by atoms with Gasteiger partial charge in [0.1, 0.15) is 5.69 Å². The molecule has 19 heavy (non-hydrogen) atoms. The van der Waals surface area contributed by atoms with Crippen LogP contribution in [0.1, 0.15) is 42.7 Å². The Hall–Kier alpha value is -0.980. The van der Waals surface area contributed by atoms with E-state index in [-0.39, 0.29) is 17.6 Å². The molecule has 0 radical (unpaired) electrons. The Morgan fingerprint density at radius 3 is 2.89 bits per heavy atom. The predicted molar refractivity (Wildman–Crippen MR) is 77.5 cm³/mol. The van der Waals surface area contributed by atoms with Crippen molar-refractivity contribution in [3.8, 4) is 0 Å². The fourth-order valence-corrected chi connectivity index (χ4v) is 2.62. The first-order chi connectivity index (χ1) is 8.88. The topological polar surface area (TPSA) is 77.2 Å². The predicted octanol–water partition coefficient (Wildman–Crippen LogP) is 1.58. The summed E-state index contributed by atoms with van der Waals surface area (Å²) in [5.74, 6) is -0.140. The second-order valence-electron chi connectivity index (χ2n) is 5.21. The van der Waals surface area contributed by atoms with E-state index in [0.717, 1.165) is 11.4 Å². The zero-order valence-corrected chi connectivity index (χ0v) is 12.8. The van der Waals surface area contributed by atoms with Crippen LogP contribution in [-0.4, -0.2) is 36.2 Å². The Kier molecular flexibility index (Phi) is 5.90. The van der Waals surface area contributed by atoms with Gasteiger partial charge in [0.05, 0.1) is 10.6 Å². The van der Waals surface area contributed by atoms with Crippen LogP contribution in [0.3, 0.4) is 0 Å². The number of aromatic nitrogens is 1. The van der Waals surface area contributed by atoms with Crippen molar-refractivity contribution in [1.29, 1.82) is 0 Å². The van der Waals surface area contributed by atoms with Crippen molar-refractivity contribution >= 4 is 17.2 Å². The lowest BCUT2D eigenvalue weighted by molar-refractivity contribution is 0.00883. The van der Waals surface area contributed by atoms with E-state index in [1.54, 1.807) is 12.5 Å². The number of hydrogen-bond donors (Lipinski definition) is 2. The number of nitrogens with zero attached hydrogens (tertiary/aromatic N) is 1. The van der Waals surface area contributed by atoms with E-state index in [4.69, 9.17) is 10.5 Å². The summed E-state index contributed by atoms with van der Waals surface area (Å²) in [7, 11) is 1.67. The normalized spacial score (nSPS) is 13.3. The highest BCUT2D eigenvalue weighted by Crippen LogP contribution is 2.16. The number of nitrogens with one attached hydrogen (secondary N) is 1. The molecule has 5 nitrogen and oxygen atoms in total. The third-order valence-electron chi connectivity index (χ3n) is 2.87. The number of hydrogen-bond acceptors (Lipinski definition) is 5. The Bertz CT molecular complexity index is 418. The molecule has 0 saturated heterocycles. The van der Waals surface area contributed by atoms with E-state index in [9.17, 15) is 4.79 Å². The maximum absolute atomic E-state index is 12.0. The molecule has 0 aliphatic heterocycles. The second kappa shape index (κ2) is 6.98. The summed E-state index contributed by atoms with van der Waals surface area (Å²) in [6.07, 6.45) is 1.46. The zero-order valence-electron chi connectivity index (χ0n) is 12.0. The van der Waals surface area contributed by atoms with Gasteiger partial charge in [-0.15, -0.1) is 11.3 Å². The van der Waals surface area contributed by atoms with Gasteiger partial charge in [0.25, 0.3) is 5.91 Å². The number of rotatable bonds is 7. The van der Waals surface area contributed by atoms with Crippen LogP contribution in [0, 0.1) is 0 Å². The second-order valence-corrected chi connectivity index (χ2v) is 6.15. The Morgan fingerprint density at radius 1 is 1.63 bits per heavy atom. The number of nitrogens with two attached hydrogens (primary N) is 1. The van der Waals surface area contributed by atoms with Crippen LogP contribution >= 0.6 is 11.3 Å². The molecule has 0 bridgehead atoms. The van der Waals surface area contributed by atoms with E-state index in [1.807, 2.05) is 20.8 Å². The molecule has 0 saturated carbocycles. The molecular formula is C13H23N3O2S. The van der Waals surface area contributed by atoms with Gasteiger partial charge >= 0.3 is 0 Å². The zero-order chi connectivity index (χ0) is 14.5. The van der Waals surface area contributed by atoms with Gasteiger partial charge < -0.3 is 15.8 Å². The summed E-state index contributed by atoms with van der Waals surface area (Å²) in [6.45, 7) is 6.51. The van der Waals surface area contributed by atoms with E-state index in [1.165, 1.54) is 11.3 Å². The Labute approximate surface area is 118 Å². The fourth-order valence-electron chi connectivity index (χ4n) is 1.82. The first-order valence-corrected chi connectivity index (χ1v) is 7.26. The van der Waals surface area contributed by atoms with E-state index in [0.29, 0.717) is 18.7 Å². The minimum atomic E-state index is -0.251. The maximum atomic E-state index is 12.0. The number of thiazole rings is 1. The molecule has 0 aromatic carbocycles. The van der Waals surface area contributed by atoms with Gasteiger partial charge in [0.2, 0.25) is 0 Å². The molecule has 6 heteroatoms. The average Bonchev–Trinajstić information content (AvgIpc) is 2.77. The van der Waals surface area contributed by atoms with Gasteiger partial charge in [-0.3, -0.25) is 4.79 Å². The molecule has 1 atom stereocenters. The highest BCUT2D eigenvalue weighted by atomic mass is 32.1. The van der Waals surface area contributed by atoms with Crippen LogP contribution in [0.2, 0.25) is 0 Å². The minimum Gasteiger partial charge on any atom is -0.379 e. The monoisotopic (exact) mass is 285 g/mol. The molecule has 0 aliphatic rings. The van der Waals surface area contributed by atoms with Gasteiger partial charge in [-0.25, -0.2) is 4.98 Å². The third-order valence-corrected chi connectivity index (χ3v) is 3.78. The lowest BCUT2D eigenvalue weighted by atomic mass is 10.00. The molecule has 1 amide bonds. The number of carbonyl (C=O) groups excluding carboxylic acids is 1. The highest BCUT2D eigenvalue weighted by Gasteiger charge is 2.22. The lowest BCUT2D eigenvalue weighted by Crippen LogP contribution is -2.39. The van der Waals surface area contributed by atoms with Crippen molar-refractivity contribution in [2.75, 3.05) is 13.7 Å². The first-order valence-electron chi connectivity index (χ1n) is 6.38. The van der Waals surface area contributed by atoms with Crippen LogP contribution in [0.15, 0.2) is 5.38 Å². The van der Waals surface area contributed by atoms with Gasteiger partial charge in [0, 0.05) is 25.0 Å². The molecule has 0 fully saturated rings. The molecule has 1 heterocycles. The van der Waals surface area contributed by atoms with Crippen LogP contribution in [0.5, 0.6) is 0 Å². The van der Waals surface area contributed by atoms with Crippen molar-refractivity contribution in [3.05, 3.63) is 16.1 Å². The summed E-state index contributed by atoms with van der Waals surface area (Å²) in [5, 5.41) is 5.61. The maximum Gasteiger partial charge on any atom is 0.270 e. The SMILES string of the molecule is COC(C)(C)CC(C)NC(=O)c1csc(CCN)n1. The Morgan fingerprint density at radius 2 is 2.32 bits per heavy atom. The quantitative estimate of drug-likeness (QED) is 0.797. The molecule has 108 valence electrons. The highest BCUT2D eigenvalue weighted by molar-refractivity contribution is 7.09. The number of ether oxygens (including phenoxy) is 1. The molecular weight excluding hydrogens is 262 g/mol. The molecule has 0 spiro atoms. The minimum absolute atomic E-state index is 0.0297. The van der Waals surface area contributed by atoms with Crippen molar-refractivity contribution in [2.24, 2.45) is 5.73 Å². The summed E-state index contributed by atoms with van der Waals surface area (Å²) in [6, 6.07) is 0.0297. The van der Waals surface area contributed by atoms with Crippen LogP contribution in [0.25, 0.3) is 0 Å². The van der Waals surface area contributed by atoms with Crippen molar-refractivity contribution < 1.29 is 9.53 Å². The molecule has 0 aliphatic carbocycles. The van der Waals surface area contributed by atoms with Crippen LogP contribution in [-0.2, 0) is 11.2 Å². The largest absolute Gasteiger partial charge is 0.379 e. The smallest absolute Gasteiger partial charge is 0.270 e. The molecule has 1 aromatic heterocycles. The summed E-state index contributed by atoms with van der Waals surface area (Å²) in [4.78, 5) is 16.3. The van der Waals surface area contributed by atoms with Gasteiger partial charge in [-0.1, -0.05) is 0 Å². The summed E-state index contributed by atoms with van der Waals surface area (Å²) >= 11 is 1.47. The Balaban J connectivity index is 2.54. The third kappa shape index (κ3) is 5.26. The molecule has 3 N–H and O–H groups in total. The van der Waals surface area contributed by atoms with E-state index < -0.39 is 0 Å². The van der Waals surface area contributed by atoms with E-state index in [2.05, 4.69) is 10.3 Å². The molecule has 1 rings (SSSR count). The first kappa shape index (κ1) is 16.1. The van der Waals surface area contributed by atoms with Crippen molar-refractivity contribution in [3.63, 3.8) is 0 Å². The summed E-state index contributed by atoms with van der Waals surface area (Å²) in [5.41, 5.74) is 5.68. The van der Waals surface area contributed by atoms with E-state index >= 15 is 0 Å². The van der Waals surface area contributed by atoms with Gasteiger partial charge in [-0.2, -0.15) is 0 Å². The van der Waals surface area contributed by atoms with Crippen molar-refractivity contribution in [1.82, 2.24) is 10.3 Å². The van der Waals surface area contributed by atoms with Gasteiger partial charge in [0.15, 0.2) is 0 Å². The summed E-state index contributed by atoms with van der Waals surface area (Å²) < 4.78 is 5.35. The lowest BCUT2D eigenvalue weighted by Gasteiger charge is -2.26. The number of methoxy groups -OCH3 is 1. The fraction of sp³-hybridized carbons (Fsp3) is 0.692. The van der Waals surface area contributed by atoms with Crippen LogP contribution < -0.4 is 11.1 Å². The van der Waals surface area contributed by atoms with Crippen LogP contribution in [0.4, 0.5) is 0 Å². The van der Waals surface area contributed by atoms with Gasteiger partial charge in [-0.05, 0) is 33.7 Å². The average molecular weight is 285 g/mol. The van der Waals surface area contributed by atoms with Crippen molar-refractivity contribution in [2.45, 2.75) is 45.3 Å². The standard InChI is InChI=1S/C13H23N3O2S/c1-9(7-13(2,3)18-4)15-12(17)10-8-19-11(16-10)5-6-14/h8-9H,5-7,14H2,1-4H3,(H,15,17). The number of carbonyl (C=O) groups is 1.